The van der Waals surface area contributed by atoms with Crippen molar-refractivity contribution < 1.29 is 17.9 Å². The molecule has 5 heteroatoms. The number of nitrogens with two attached hydrogens (primary N) is 1. The van der Waals surface area contributed by atoms with E-state index < -0.39 is 18.3 Å². The van der Waals surface area contributed by atoms with Crippen LogP contribution in [0.3, 0.4) is 0 Å². The van der Waals surface area contributed by atoms with Crippen LogP contribution in [0.2, 0.25) is 0 Å². The van der Waals surface area contributed by atoms with Crippen LogP contribution in [-0.2, 0) is 5.92 Å². The maximum Gasteiger partial charge on any atom is 0.306 e. The van der Waals surface area contributed by atoms with E-state index in [0.717, 1.165) is 0 Å². The Morgan fingerprint density at radius 2 is 1.81 bits per heavy atom. The molecule has 2 rings (SSSR count). The van der Waals surface area contributed by atoms with E-state index in [2.05, 4.69) is 0 Å². The summed E-state index contributed by atoms with van der Waals surface area (Å²) in [6.07, 6.45) is 0. The van der Waals surface area contributed by atoms with Crippen LogP contribution in [0.15, 0.2) is 48.5 Å². The highest BCUT2D eigenvalue weighted by Gasteiger charge is 2.32. The normalized spacial score (nSPS) is 13.0. The maximum atomic E-state index is 13.9. The molecule has 1 atom stereocenters. The molecule has 0 saturated heterocycles. The second kappa shape index (κ2) is 6.18. The third-order valence-corrected chi connectivity index (χ3v) is 3.09. The van der Waals surface area contributed by atoms with Gasteiger partial charge in [0, 0.05) is 11.6 Å². The fourth-order valence-electron chi connectivity index (χ4n) is 1.85. The smallest absolute Gasteiger partial charge is 0.306 e. The van der Waals surface area contributed by atoms with E-state index in [-0.39, 0.29) is 17.4 Å². The van der Waals surface area contributed by atoms with E-state index >= 15 is 0 Å². The van der Waals surface area contributed by atoms with E-state index in [4.69, 9.17) is 10.5 Å². The number of alkyl halides is 2. The number of hydrogen-bond donors (Lipinski definition) is 1. The predicted octanol–water partition coefficient (Wildman–Crippen LogP) is 4.02. The van der Waals surface area contributed by atoms with Crippen LogP contribution >= 0.6 is 0 Å². The SMILES string of the molecule is C[C@H](N)c1ccc(OCC(F)(F)c2ccccc2)c(F)c1. The molecule has 0 heterocycles. The Kier molecular flexibility index (Phi) is 4.53. The lowest BCUT2D eigenvalue weighted by molar-refractivity contribution is -0.0475. The zero-order valence-electron chi connectivity index (χ0n) is 11.5. The van der Waals surface area contributed by atoms with Crippen molar-refractivity contribution in [2.24, 2.45) is 5.73 Å². The molecule has 0 aliphatic carbocycles. The van der Waals surface area contributed by atoms with Crippen molar-refractivity contribution in [3.8, 4) is 5.75 Å². The Labute approximate surface area is 121 Å². The van der Waals surface area contributed by atoms with Crippen molar-refractivity contribution in [3.05, 3.63) is 65.5 Å². The fourth-order valence-corrected chi connectivity index (χ4v) is 1.85. The Morgan fingerprint density at radius 3 is 2.38 bits per heavy atom. The summed E-state index contributed by atoms with van der Waals surface area (Å²) in [7, 11) is 0. The highest BCUT2D eigenvalue weighted by Crippen LogP contribution is 2.30. The summed E-state index contributed by atoms with van der Waals surface area (Å²) in [6, 6.07) is 11.0. The molecule has 2 nitrogen and oxygen atoms in total. The van der Waals surface area contributed by atoms with Gasteiger partial charge in [-0.2, -0.15) is 8.78 Å². The summed E-state index contributed by atoms with van der Waals surface area (Å²) in [5, 5.41) is 0. The molecular formula is C16H16F3NO. The Bertz CT molecular complexity index is 600. The lowest BCUT2D eigenvalue weighted by Crippen LogP contribution is -2.23. The Balaban J connectivity index is 2.09. The minimum absolute atomic E-state index is 0.169. The summed E-state index contributed by atoms with van der Waals surface area (Å²) in [6.45, 7) is 0.782. The number of hydrogen-bond acceptors (Lipinski definition) is 2. The number of benzene rings is 2. The second-order valence-corrected chi connectivity index (χ2v) is 4.84. The standard InChI is InChI=1S/C16H16F3NO/c1-11(20)12-7-8-15(14(17)9-12)21-10-16(18,19)13-5-3-2-4-6-13/h2-9,11H,10,20H2,1H3/t11-/m0/s1. The zero-order valence-corrected chi connectivity index (χ0v) is 11.5. The van der Waals surface area contributed by atoms with Gasteiger partial charge in [0.15, 0.2) is 18.2 Å². The largest absolute Gasteiger partial charge is 0.484 e. The first-order valence-electron chi connectivity index (χ1n) is 6.51. The van der Waals surface area contributed by atoms with Gasteiger partial charge in [0.2, 0.25) is 0 Å². The average molecular weight is 295 g/mol. The van der Waals surface area contributed by atoms with Gasteiger partial charge in [0.25, 0.3) is 0 Å². The molecule has 2 aromatic rings. The first-order chi connectivity index (χ1) is 9.90. The molecule has 0 aromatic heterocycles. The van der Waals surface area contributed by atoms with Crippen molar-refractivity contribution >= 4 is 0 Å². The van der Waals surface area contributed by atoms with Gasteiger partial charge in [0.1, 0.15) is 0 Å². The molecular weight excluding hydrogens is 279 g/mol. The van der Waals surface area contributed by atoms with Gasteiger partial charge in [-0.15, -0.1) is 0 Å². The molecule has 21 heavy (non-hydrogen) atoms. The molecule has 0 amide bonds. The van der Waals surface area contributed by atoms with Crippen LogP contribution in [0.4, 0.5) is 13.2 Å². The van der Waals surface area contributed by atoms with Gasteiger partial charge in [-0.1, -0.05) is 36.4 Å². The van der Waals surface area contributed by atoms with Crippen LogP contribution in [0.5, 0.6) is 5.75 Å². The van der Waals surface area contributed by atoms with E-state index in [1.165, 1.54) is 36.4 Å². The summed E-state index contributed by atoms with van der Waals surface area (Å²) in [4.78, 5) is 0. The molecule has 0 fully saturated rings. The lowest BCUT2D eigenvalue weighted by Gasteiger charge is -2.18. The summed E-state index contributed by atoms with van der Waals surface area (Å²) < 4.78 is 46.5. The number of ether oxygens (including phenoxy) is 1. The quantitative estimate of drug-likeness (QED) is 0.904. The van der Waals surface area contributed by atoms with Gasteiger partial charge < -0.3 is 10.5 Å². The van der Waals surface area contributed by atoms with Crippen LogP contribution < -0.4 is 10.5 Å². The van der Waals surface area contributed by atoms with Gasteiger partial charge in [-0.25, -0.2) is 4.39 Å². The molecule has 2 N–H and O–H groups in total. The Hall–Kier alpha value is -2.01. The minimum Gasteiger partial charge on any atom is -0.484 e. The molecule has 112 valence electrons. The second-order valence-electron chi connectivity index (χ2n) is 4.84. The zero-order chi connectivity index (χ0) is 15.5. The van der Waals surface area contributed by atoms with Crippen molar-refractivity contribution in [2.45, 2.75) is 18.9 Å². The maximum absolute atomic E-state index is 13.9. The average Bonchev–Trinajstić information content (AvgIpc) is 2.46. The van der Waals surface area contributed by atoms with Gasteiger partial charge in [-0.3, -0.25) is 0 Å². The molecule has 0 spiro atoms. The molecule has 2 aromatic carbocycles. The third kappa shape index (κ3) is 3.76. The first-order valence-corrected chi connectivity index (χ1v) is 6.51. The minimum atomic E-state index is -3.19. The van der Waals surface area contributed by atoms with E-state index in [1.807, 2.05) is 0 Å². The van der Waals surface area contributed by atoms with Gasteiger partial charge in [-0.05, 0) is 24.6 Å². The first kappa shape index (κ1) is 15.4. The van der Waals surface area contributed by atoms with E-state index in [9.17, 15) is 13.2 Å². The highest BCUT2D eigenvalue weighted by molar-refractivity contribution is 5.31. The van der Waals surface area contributed by atoms with Gasteiger partial charge >= 0.3 is 5.92 Å². The van der Waals surface area contributed by atoms with E-state index in [0.29, 0.717) is 5.56 Å². The Morgan fingerprint density at radius 1 is 1.14 bits per heavy atom. The molecule has 0 radical (unpaired) electrons. The molecule has 0 unspecified atom stereocenters. The molecule has 0 saturated carbocycles. The van der Waals surface area contributed by atoms with Crippen molar-refractivity contribution in [1.82, 2.24) is 0 Å². The monoisotopic (exact) mass is 295 g/mol. The highest BCUT2D eigenvalue weighted by atomic mass is 19.3. The van der Waals surface area contributed by atoms with E-state index in [1.54, 1.807) is 19.1 Å². The topological polar surface area (TPSA) is 35.2 Å². The summed E-state index contributed by atoms with van der Waals surface area (Å²) in [5.41, 5.74) is 6.03. The summed E-state index contributed by atoms with van der Waals surface area (Å²) in [5.74, 6) is -4.10. The van der Waals surface area contributed by atoms with Crippen LogP contribution in [0, 0.1) is 5.82 Å². The van der Waals surface area contributed by atoms with Crippen molar-refractivity contribution in [2.75, 3.05) is 6.61 Å². The summed E-state index contributed by atoms with van der Waals surface area (Å²) >= 11 is 0. The van der Waals surface area contributed by atoms with Crippen molar-refractivity contribution in [1.29, 1.82) is 0 Å². The van der Waals surface area contributed by atoms with Crippen molar-refractivity contribution in [3.63, 3.8) is 0 Å². The third-order valence-electron chi connectivity index (χ3n) is 3.09. The van der Waals surface area contributed by atoms with Crippen LogP contribution in [-0.4, -0.2) is 6.61 Å². The lowest BCUT2D eigenvalue weighted by atomic mass is 10.1. The number of rotatable bonds is 5. The fraction of sp³-hybridized carbons (Fsp3) is 0.250. The predicted molar refractivity (Wildman–Crippen MR) is 74.8 cm³/mol. The molecule has 0 aliphatic heterocycles. The van der Waals surface area contributed by atoms with Crippen LogP contribution in [0.25, 0.3) is 0 Å². The van der Waals surface area contributed by atoms with Gasteiger partial charge in [0.05, 0.1) is 0 Å². The molecule has 0 bridgehead atoms. The number of halogens is 3. The van der Waals surface area contributed by atoms with Crippen LogP contribution in [0.1, 0.15) is 24.1 Å². The molecule has 0 aliphatic rings.